The summed E-state index contributed by atoms with van der Waals surface area (Å²) in [5.74, 6) is 0.0374. The number of piperazine rings is 1. The molecule has 0 spiro atoms. The van der Waals surface area contributed by atoms with E-state index in [1.54, 1.807) is 16.2 Å². The van der Waals surface area contributed by atoms with Gasteiger partial charge in [0.25, 0.3) is 5.91 Å². The van der Waals surface area contributed by atoms with E-state index in [2.05, 4.69) is 29.4 Å². The van der Waals surface area contributed by atoms with Crippen LogP contribution in [-0.2, 0) is 12.8 Å². The number of hydrogen-bond donors (Lipinski definition) is 2. The molecule has 2 heterocycles. The lowest BCUT2D eigenvalue weighted by Crippen LogP contribution is -3.12. The van der Waals surface area contributed by atoms with Crippen LogP contribution in [-0.4, -0.2) is 39.1 Å². The number of carbonyl (C=O) groups is 1. The molecule has 0 saturated carbocycles. The SMILES string of the molecule is C[NH+]1CCN(c2ccc(NC(=O)c3csc4c3CCCC4)cc2)CC1. The van der Waals surface area contributed by atoms with Gasteiger partial charge in [-0.25, -0.2) is 0 Å². The smallest absolute Gasteiger partial charge is 0.256 e. The number of benzene rings is 1. The third-order valence-corrected chi connectivity index (χ3v) is 6.50. The molecule has 1 aliphatic carbocycles. The molecule has 1 amide bonds. The van der Waals surface area contributed by atoms with Crippen molar-refractivity contribution in [1.29, 1.82) is 0 Å². The van der Waals surface area contributed by atoms with Crippen molar-refractivity contribution < 1.29 is 9.69 Å². The molecule has 1 aliphatic heterocycles. The molecule has 132 valence electrons. The third kappa shape index (κ3) is 3.58. The summed E-state index contributed by atoms with van der Waals surface area (Å²) in [4.78, 5) is 18.1. The average Bonchev–Trinajstić information content (AvgIpc) is 3.07. The Morgan fingerprint density at radius 2 is 1.84 bits per heavy atom. The first-order chi connectivity index (χ1) is 12.2. The molecule has 5 heteroatoms. The highest BCUT2D eigenvalue weighted by Gasteiger charge is 2.20. The maximum Gasteiger partial charge on any atom is 0.256 e. The lowest BCUT2D eigenvalue weighted by molar-refractivity contribution is -0.880. The molecule has 1 aromatic carbocycles. The molecule has 0 atom stereocenters. The van der Waals surface area contributed by atoms with E-state index in [0.717, 1.165) is 37.2 Å². The first kappa shape index (κ1) is 16.6. The molecule has 4 nitrogen and oxygen atoms in total. The van der Waals surface area contributed by atoms with Crippen molar-refractivity contribution in [3.8, 4) is 0 Å². The number of thiophene rings is 1. The predicted molar refractivity (Wildman–Crippen MR) is 104 cm³/mol. The number of amides is 1. The van der Waals surface area contributed by atoms with E-state index in [-0.39, 0.29) is 5.91 Å². The lowest BCUT2D eigenvalue weighted by atomic mass is 9.95. The summed E-state index contributed by atoms with van der Waals surface area (Å²) in [5.41, 5.74) is 4.29. The minimum atomic E-state index is 0.0374. The van der Waals surface area contributed by atoms with Gasteiger partial charge in [-0.1, -0.05) is 0 Å². The molecule has 0 bridgehead atoms. The summed E-state index contributed by atoms with van der Waals surface area (Å²) in [7, 11) is 2.25. The van der Waals surface area contributed by atoms with E-state index < -0.39 is 0 Å². The topological polar surface area (TPSA) is 36.8 Å². The van der Waals surface area contributed by atoms with Gasteiger partial charge in [0, 0.05) is 21.6 Å². The number of quaternary nitrogens is 1. The molecular formula is C20H26N3OS+. The van der Waals surface area contributed by atoms with E-state index in [0.29, 0.717) is 0 Å². The lowest BCUT2D eigenvalue weighted by Gasteiger charge is -2.31. The minimum Gasteiger partial charge on any atom is -0.360 e. The summed E-state index contributed by atoms with van der Waals surface area (Å²) >= 11 is 1.74. The van der Waals surface area contributed by atoms with Crippen LogP contribution in [0.15, 0.2) is 29.6 Å². The molecule has 2 N–H and O–H groups in total. The Labute approximate surface area is 153 Å². The van der Waals surface area contributed by atoms with E-state index in [9.17, 15) is 4.79 Å². The second-order valence-electron chi connectivity index (χ2n) is 7.20. The van der Waals surface area contributed by atoms with Crippen molar-refractivity contribution in [2.24, 2.45) is 0 Å². The number of rotatable bonds is 3. The number of nitrogens with zero attached hydrogens (tertiary/aromatic N) is 1. The van der Waals surface area contributed by atoms with Crippen LogP contribution in [0.25, 0.3) is 0 Å². The number of carbonyl (C=O) groups excluding carboxylic acids is 1. The number of anilines is 2. The van der Waals surface area contributed by atoms with Crippen LogP contribution in [0.1, 0.15) is 33.6 Å². The Morgan fingerprint density at radius 3 is 2.60 bits per heavy atom. The summed E-state index contributed by atoms with van der Waals surface area (Å²) < 4.78 is 0. The van der Waals surface area contributed by atoms with E-state index in [1.807, 2.05) is 17.5 Å². The molecule has 1 fully saturated rings. The zero-order valence-electron chi connectivity index (χ0n) is 14.8. The molecule has 2 aromatic rings. The number of aryl methyl sites for hydroxylation is 1. The van der Waals surface area contributed by atoms with Crippen LogP contribution in [0, 0.1) is 0 Å². The molecular weight excluding hydrogens is 330 g/mol. The Hall–Kier alpha value is -1.85. The fourth-order valence-electron chi connectivity index (χ4n) is 3.78. The number of nitrogens with one attached hydrogen (secondary N) is 2. The Kier molecular flexibility index (Phi) is 4.77. The van der Waals surface area contributed by atoms with Crippen LogP contribution in [0.3, 0.4) is 0 Å². The van der Waals surface area contributed by atoms with Gasteiger partial charge in [0.15, 0.2) is 0 Å². The summed E-state index contributed by atoms with van der Waals surface area (Å²) in [6, 6.07) is 8.30. The Morgan fingerprint density at radius 1 is 1.12 bits per heavy atom. The number of hydrogen-bond acceptors (Lipinski definition) is 3. The normalized spacial score (nSPS) is 18.0. The van der Waals surface area contributed by atoms with Crippen molar-refractivity contribution in [2.75, 3.05) is 43.4 Å². The molecule has 4 rings (SSSR count). The maximum atomic E-state index is 12.7. The van der Waals surface area contributed by atoms with Crippen molar-refractivity contribution in [3.63, 3.8) is 0 Å². The van der Waals surface area contributed by atoms with E-state index in [1.165, 1.54) is 42.1 Å². The van der Waals surface area contributed by atoms with Gasteiger partial charge < -0.3 is 15.1 Å². The van der Waals surface area contributed by atoms with Crippen molar-refractivity contribution >= 4 is 28.6 Å². The first-order valence-corrected chi connectivity index (χ1v) is 10.2. The van der Waals surface area contributed by atoms with Gasteiger partial charge in [-0.05, 0) is 55.5 Å². The van der Waals surface area contributed by atoms with Gasteiger partial charge in [-0.2, -0.15) is 0 Å². The number of fused-ring (bicyclic) bond motifs is 1. The van der Waals surface area contributed by atoms with Crippen LogP contribution in [0.5, 0.6) is 0 Å². The van der Waals surface area contributed by atoms with Gasteiger partial charge in [-0.3, -0.25) is 4.79 Å². The Balaban J connectivity index is 1.42. The highest BCUT2D eigenvalue weighted by molar-refractivity contribution is 7.10. The fourth-order valence-corrected chi connectivity index (χ4v) is 4.91. The molecule has 0 unspecified atom stereocenters. The zero-order chi connectivity index (χ0) is 17.2. The number of likely N-dealkylation sites (N-methyl/N-ethyl adjacent to an activating group) is 1. The summed E-state index contributed by atoms with van der Waals surface area (Å²) in [6.45, 7) is 4.56. The highest BCUT2D eigenvalue weighted by Crippen LogP contribution is 2.30. The molecule has 1 aromatic heterocycles. The summed E-state index contributed by atoms with van der Waals surface area (Å²) in [6.07, 6.45) is 4.63. The van der Waals surface area contributed by atoms with Gasteiger partial charge >= 0.3 is 0 Å². The Bertz CT molecular complexity index is 745. The van der Waals surface area contributed by atoms with Crippen molar-refractivity contribution in [3.05, 3.63) is 45.6 Å². The van der Waals surface area contributed by atoms with Gasteiger partial charge in [0.05, 0.1) is 38.8 Å². The molecule has 0 radical (unpaired) electrons. The average molecular weight is 357 g/mol. The second-order valence-corrected chi connectivity index (χ2v) is 8.17. The monoisotopic (exact) mass is 356 g/mol. The molecule has 2 aliphatic rings. The maximum absolute atomic E-state index is 12.7. The van der Waals surface area contributed by atoms with Crippen LogP contribution in [0.4, 0.5) is 11.4 Å². The van der Waals surface area contributed by atoms with Crippen LogP contribution in [0.2, 0.25) is 0 Å². The van der Waals surface area contributed by atoms with Crippen LogP contribution >= 0.6 is 11.3 Å². The van der Waals surface area contributed by atoms with E-state index >= 15 is 0 Å². The fraction of sp³-hybridized carbons (Fsp3) is 0.450. The van der Waals surface area contributed by atoms with Crippen molar-refractivity contribution in [2.45, 2.75) is 25.7 Å². The molecule has 25 heavy (non-hydrogen) atoms. The summed E-state index contributed by atoms with van der Waals surface area (Å²) in [5, 5.41) is 5.11. The van der Waals surface area contributed by atoms with Gasteiger partial charge in [0.1, 0.15) is 0 Å². The van der Waals surface area contributed by atoms with Crippen molar-refractivity contribution in [1.82, 2.24) is 0 Å². The predicted octanol–water partition coefficient (Wildman–Crippen LogP) is 2.21. The standard InChI is InChI=1S/C20H25N3OS/c1-22-10-12-23(13-11-22)16-8-6-15(7-9-16)21-20(24)18-14-25-19-5-3-2-4-17(18)19/h6-9,14H,2-5,10-13H2,1H3,(H,21,24)/p+1. The third-order valence-electron chi connectivity index (χ3n) is 5.41. The quantitative estimate of drug-likeness (QED) is 0.885. The first-order valence-electron chi connectivity index (χ1n) is 9.27. The second kappa shape index (κ2) is 7.18. The largest absolute Gasteiger partial charge is 0.360 e. The highest BCUT2D eigenvalue weighted by atomic mass is 32.1. The van der Waals surface area contributed by atoms with Gasteiger partial charge in [-0.15, -0.1) is 11.3 Å². The minimum absolute atomic E-state index is 0.0374. The van der Waals surface area contributed by atoms with Crippen LogP contribution < -0.4 is 15.1 Å². The van der Waals surface area contributed by atoms with E-state index in [4.69, 9.17) is 0 Å². The zero-order valence-corrected chi connectivity index (χ0v) is 15.6. The molecule has 1 saturated heterocycles. The van der Waals surface area contributed by atoms with Gasteiger partial charge in [0.2, 0.25) is 0 Å².